The third-order valence-corrected chi connectivity index (χ3v) is 5.53. The van der Waals surface area contributed by atoms with Gasteiger partial charge in [0.15, 0.2) is 11.5 Å². The van der Waals surface area contributed by atoms with Gasteiger partial charge >= 0.3 is 0 Å². The number of H-pyrrole nitrogens is 2. The second-order valence-electron chi connectivity index (χ2n) is 6.63. The molecule has 2 aromatic rings. The summed E-state index contributed by atoms with van der Waals surface area (Å²) < 4.78 is 11.2. The molecule has 0 saturated carbocycles. The van der Waals surface area contributed by atoms with E-state index in [2.05, 4.69) is 21.6 Å². The number of halogens is 2. The highest BCUT2D eigenvalue weighted by Gasteiger charge is 2.20. The number of hydrogen-bond donors (Lipinski definition) is 4. The zero-order valence-electron chi connectivity index (χ0n) is 15.8. The van der Waals surface area contributed by atoms with Crippen molar-refractivity contribution in [3.63, 3.8) is 0 Å². The Bertz CT molecular complexity index is 1090. The molecule has 4 rings (SSSR count). The molecule has 1 heterocycles. The molecule has 0 unspecified atom stereocenters. The van der Waals surface area contributed by atoms with Crippen molar-refractivity contribution in [3.8, 4) is 22.8 Å². The Morgan fingerprint density at radius 1 is 1.07 bits per heavy atom. The normalized spacial score (nSPS) is 11.3. The van der Waals surface area contributed by atoms with E-state index in [9.17, 15) is 0 Å². The zero-order chi connectivity index (χ0) is 20.4. The molecular weight excluding hydrogens is 413 g/mol. The summed E-state index contributed by atoms with van der Waals surface area (Å²) in [6.45, 7) is 1.00. The Hall–Kier alpha value is -2.54. The molecule has 0 aromatic heterocycles. The Balaban J connectivity index is 1.63. The monoisotopic (exact) mass is 433 g/mol. The van der Waals surface area contributed by atoms with Gasteiger partial charge in [-0.2, -0.15) is 0 Å². The Morgan fingerprint density at radius 3 is 2.59 bits per heavy atom. The fourth-order valence-corrected chi connectivity index (χ4v) is 3.88. The number of ether oxygens (including phenoxy) is 2. The van der Waals surface area contributed by atoms with Crippen molar-refractivity contribution >= 4 is 39.8 Å². The summed E-state index contributed by atoms with van der Waals surface area (Å²) in [6.07, 6.45) is 0.566. The number of nitrogens with one attached hydrogen (secondary N) is 3. The third-order valence-electron chi connectivity index (χ3n) is 4.82. The zero-order valence-corrected chi connectivity index (χ0v) is 17.3. The Kier molecular flexibility index (Phi) is 5.76. The predicted octanol–water partition coefficient (Wildman–Crippen LogP) is 5.29. The number of benzene rings is 2. The molecule has 1 aliphatic heterocycles. The lowest BCUT2D eigenvalue weighted by atomic mass is 10.2. The van der Waals surface area contributed by atoms with Gasteiger partial charge in [0.2, 0.25) is 0 Å². The second kappa shape index (κ2) is 8.45. The summed E-state index contributed by atoms with van der Waals surface area (Å²) in [4.78, 5) is 0. The molecule has 0 radical (unpaired) electrons. The first kappa shape index (κ1) is 19.8. The van der Waals surface area contributed by atoms with Gasteiger partial charge in [-0.25, -0.2) is 0 Å². The lowest BCUT2D eigenvalue weighted by molar-refractivity contribution is 0.228. The highest BCUT2D eigenvalue weighted by atomic mass is 35.5. The summed E-state index contributed by atoms with van der Waals surface area (Å²) >= 11 is 12.5. The van der Waals surface area contributed by atoms with Crippen molar-refractivity contribution in [2.75, 3.05) is 25.6 Å². The van der Waals surface area contributed by atoms with Gasteiger partial charge in [-0.1, -0.05) is 29.3 Å². The van der Waals surface area contributed by atoms with Crippen molar-refractivity contribution in [3.05, 3.63) is 52.0 Å². The number of rotatable bonds is 8. The van der Waals surface area contributed by atoms with E-state index in [-0.39, 0.29) is 6.61 Å². The molecule has 0 amide bonds. The fraction of sp³-hybridized carbons (Fsp3) is 0.238. The molecule has 2 aromatic carbocycles. The fourth-order valence-electron chi connectivity index (χ4n) is 3.34. The smallest absolute Gasteiger partial charge is 0.161 e. The molecule has 0 bridgehead atoms. The molecule has 2 aliphatic rings. The van der Waals surface area contributed by atoms with E-state index < -0.39 is 0 Å². The summed E-state index contributed by atoms with van der Waals surface area (Å²) in [5.74, 6) is 2.14. The van der Waals surface area contributed by atoms with Crippen molar-refractivity contribution in [2.45, 2.75) is 13.0 Å². The molecule has 29 heavy (non-hydrogen) atoms. The van der Waals surface area contributed by atoms with Crippen LogP contribution in [0.4, 0.5) is 5.82 Å². The van der Waals surface area contributed by atoms with E-state index in [1.165, 1.54) is 0 Å². The van der Waals surface area contributed by atoms with Gasteiger partial charge in [0, 0.05) is 46.1 Å². The van der Waals surface area contributed by atoms with Crippen LogP contribution in [0.2, 0.25) is 10.0 Å². The summed E-state index contributed by atoms with van der Waals surface area (Å²) in [5, 5.41) is 22.0. The maximum Gasteiger partial charge on any atom is 0.161 e. The van der Waals surface area contributed by atoms with Crippen LogP contribution >= 0.6 is 23.2 Å². The van der Waals surface area contributed by atoms with Crippen LogP contribution < -0.4 is 14.8 Å². The van der Waals surface area contributed by atoms with E-state index >= 15 is 0 Å². The molecule has 6 nitrogen and oxygen atoms in total. The highest BCUT2D eigenvalue weighted by molar-refractivity contribution is 6.36. The maximum atomic E-state index is 8.97. The number of fused-ring (bicyclic) bond motifs is 3. The number of anilines is 1. The topological polar surface area (TPSA) is 82.3 Å². The molecule has 0 saturated heterocycles. The number of aliphatic hydroxyl groups is 1. The van der Waals surface area contributed by atoms with Gasteiger partial charge in [0.05, 0.1) is 19.4 Å². The van der Waals surface area contributed by atoms with E-state index in [1.807, 2.05) is 30.3 Å². The second-order valence-corrected chi connectivity index (χ2v) is 7.44. The number of hydrogen-bond acceptors (Lipinski definition) is 4. The van der Waals surface area contributed by atoms with Gasteiger partial charge in [-0.15, -0.1) is 0 Å². The van der Waals surface area contributed by atoms with Crippen molar-refractivity contribution in [2.24, 2.45) is 0 Å². The number of methoxy groups -OCH3 is 1. The van der Waals surface area contributed by atoms with Crippen LogP contribution in [0.3, 0.4) is 0 Å². The first-order valence-corrected chi connectivity index (χ1v) is 9.99. The van der Waals surface area contributed by atoms with Gasteiger partial charge in [-0.05, 0) is 35.7 Å². The van der Waals surface area contributed by atoms with Gasteiger partial charge in [0.25, 0.3) is 0 Å². The van der Waals surface area contributed by atoms with Crippen LogP contribution in [0, 0.1) is 0 Å². The molecule has 0 spiro atoms. The average molecular weight is 434 g/mol. The number of aromatic nitrogens is 2. The Morgan fingerprint density at radius 2 is 1.86 bits per heavy atom. The minimum Gasteiger partial charge on any atom is -0.493 e. The average Bonchev–Trinajstić information content (AvgIpc) is 3.26. The molecule has 0 atom stereocenters. The number of aliphatic hydroxyl groups excluding tert-OH is 1. The SMILES string of the molecule is COc1cc2c3[nH][nH]c(NCc4c(Cl)cccc4Cl)c-3cc2cc1OCCCO. The Labute approximate surface area is 178 Å². The third kappa shape index (κ3) is 3.83. The molecular formula is C21H21Cl2N3O3. The van der Waals surface area contributed by atoms with Crippen LogP contribution in [0.25, 0.3) is 22.0 Å². The molecule has 1 aliphatic carbocycles. The molecule has 4 N–H and O–H groups in total. The summed E-state index contributed by atoms with van der Waals surface area (Å²) in [7, 11) is 1.61. The molecule has 152 valence electrons. The van der Waals surface area contributed by atoms with Crippen LogP contribution in [0.5, 0.6) is 11.5 Å². The minimum absolute atomic E-state index is 0.0876. The van der Waals surface area contributed by atoms with Gasteiger partial charge in [0.1, 0.15) is 5.82 Å². The first-order valence-electron chi connectivity index (χ1n) is 9.23. The predicted molar refractivity (Wildman–Crippen MR) is 117 cm³/mol. The minimum atomic E-state index is 0.0876. The highest BCUT2D eigenvalue weighted by Crippen LogP contribution is 2.42. The van der Waals surface area contributed by atoms with Crippen molar-refractivity contribution in [1.82, 2.24) is 10.2 Å². The van der Waals surface area contributed by atoms with Crippen molar-refractivity contribution < 1.29 is 14.6 Å². The number of aromatic amines is 2. The summed E-state index contributed by atoms with van der Waals surface area (Å²) in [6, 6.07) is 11.4. The maximum absolute atomic E-state index is 8.97. The van der Waals surface area contributed by atoms with Crippen molar-refractivity contribution in [1.29, 1.82) is 0 Å². The molecule has 8 heteroatoms. The quantitative estimate of drug-likeness (QED) is 0.284. The van der Waals surface area contributed by atoms with Crippen LogP contribution in [0.15, 0.2) is 36.4 Å². The van der Waals surface area contributed by atoms with Gasteiger partial charge < -0.3 is 19.9 Å². The van der Waals surface area contributed by atoms with Crippen LogP contribution in [-0.4, -0.2) is 35.6 Å². The lowest BCUT2D eigenvalue weighted by Crippen LogP contribution is -2.01. The van der Waals surface area contributed by atoms with E-state index in [0.29, 0.717) is 41.1 Å². The van der Waals surface area contributed by atoms with Gasteiger partial charge in [-0.3, -0.25) is 10.2 Å². The standard InChI is InChI=1S/C21H21Cl2N3O3/c1-28-18-10-13-12(9-19(18)29-7-3-6-27)8-14-20(13)25-26-21(14)24-11-15-16(22)4-2-5-17(15)23/h2,4-5,8-10,24-27H,3,6-7,11H2,1H3. The van der Waals surface area contributed by atoms with Crippen LogP contribution in [-0.2, 0) is 6.54 Å². The largest absolute Gasteiger partial charge is 0.493 e. The first-order chi connectivity index (χ1) is 14.1. The van der Waals surface area contributed by atoms with Crippen LogP contribution in [0.1, 0.15) is 12.0 Å². The molecule has 0 fully saturated rings. The van der Waals surface area contributed by atoms with E-state index in [1.54, 1.807) is 7.11 Å². The lowest BCUT2D eigenvalue weighted by Gasteiger charge is -2.10. The summed E-state index contributed by atoms with van der Waals surface area (Å²) in [5.41, 5.74) is 2.82. The van der Waals surface area contributed by atoms with E-state index in [0.717, 1.165) is 33.4 Å². The van der Waals surface area contributed by atoms with E-state index in [4.69, 9.17) is 37.8 Å².